The van der Waals surface area contributed by atoms with E-state index >= 15 is 0 Å². The number of Topliss-reactive ketones (excluding diaryl/α,β-unsaturated/α-hetero) is 1. The van der Waals surface area contributed by atoms with Gasteiger partial charge in [-0.25, -0.2) is 0 Å². The molecule has 1 atom stereocenters. The first-order chi connectivity index (χ1) is 5.75. The standard InChI is InChI=1S/C9H14O3/c1-2-4-7(10)9(11)8-5-3-6-12-8/h5,7,10H,2-4,6H2,1H3. The molecule has 3 nitrogen and oxygen atoms in total. The first kappa shape index (κ1) is 9.26. The number of carbonyl (C=O) groups is 1. The second-order valence-corrected chi connectivity index (χ2v) is 2.87. The Morgan fingerprint density at radius 1 is 1.83 bits per heavy atom. The molecule has 1 aliphatic rings. The van der Waals surface area contributed by atoms with Crippen LogP contribution in [0.5, 0.6) is 0 Å². The smallest absolute Gasteiger partial charge is 0.225 e. The summed E-state index contributed by atoms with van der Waals surface area (Å²) in [5.41, 5.74) is 0. The predicted octanol–water partition coefficient (Wildman–Crippen LogP) is 1.02. The average Bonchev–Trinajstić information content (AvgIpc) is 2.55. The van der Waals surface area contributed by atoms with Gasteiger partial charge in [0.2, 0.25) is 5.78 Å². The lowest BCUT2D eigenvalue weighted by atomic mass is 10.1. The van der Waals surface area contributed by atoms with Crippen LogP contribution < -0.4 is 0 Å². The number of carbonyl (C=O) groups excluding carboxylic acids is 1. The summed E-state index contributed by atoms with van der Waals surface area (Å²) < 4.78 is 5.03. The van der Waals surface area contributed by atoms with Crippen LogP contribution in [-0.2, 0) is 9.53 Å². The maximum absolute atomic E-state index is 11.3. The van der Waals surface area contributed by atoms with Gasteiger partial charge in [-0.15, -0.1) is 0 Å². The molecule has 0 fully saturated rings. The van der Waals surface area contributed by atoms with E-state index in [1.54, 1.807) is 6.08 Å². The molecular weight excluding hydrogens is 156 g/mol. The molecule has 0 aliphatic carbocycles. The molecule has 1 aliphatic heterocycles. The molecule has 1 unspecified atom stereocenters. The molecule has 0 aromatic heterocycles. The van der Waals surface area contributed by atoms with Crippen molar-refractivity contribution in [1.29, 1.82) is 0 Å². The molecular formula is C9H14O3. The number of aliphatic hydroxyl groups excluding tert-OH is 1. The van der Waals surface area contributed by atoms with Gasteiger partial charge in [0.15, 0.2) is 5.76 Å². The number of aliphatic hydroxyl groups is 1. The highest BCUT2D eigenvalue weighted by Crippen LogP contribution is 2.13. The van der Waals surface area contributed by atoms with E-state index < -0.39 is 6.10 Å². The topological polar surface area (TPSA) is 46.5 Å². The molecule has 0 bridgehead atoms. The molecule has 0 aromatic carbocycles. The number of hydrogen-bond acceptors (Lipinski definition) is 3. The molecule has 0 saturated heterocycles. The van der Waals surface area contributed by atoms with Crippen LogP contribution in [0.3, 0.4) is 0 Å². The van der Waals surface area contributed by atoms with Gasteiger partial charge in [-0.3, -0.25) is 4.79 Å². The SMILES string of the molecule is CCCC(O)C(=O)C1=CCCO1. The summed E-state index contributed by atoms with van der Waals surface area (Å²) in [6.45, 7) is 2.50. The molecule has 3 heteroatoms. The number of hydrogen-bond donors (Lipinski definition) is 1. The van der Waals surface area contributed by atoms with Gasteiger partial charge in [-0.2, -0.15) is 0 Å². The normalized spacial score (nSPS) is 18.3. The van der Waals surface area contributed by atoms with Crippen molar-refractivity contribution in [2.45, 2.75) is 32.3 Å². The van der Waals surface area contributed by atoms with Crippen molar-refractivity contribution in [3.8, 4) is 0 Å². The van der Waals surface area contributed by atoms with E-state index in [1.165, 1.54) is 0 Å². The van der Waals surface area contributed by atoms with E-state index in [2.05, 4.69) is 0 Å². The largest absolute Gasteiger partial charge is 0.490 e. The van der Waals surface area contributed by atoms with Gasteiger partial charge in [-0.05, 0) is 12.5 Å². The van der Waals surface area contributed by atoms with Crippen LogP contribution in [0.2, 0.25) is 0 Å². The highest BCUT2D eigenvalue weighted by atomic mass is 16.5. The zero-order chi connectivity index (χ0) is 8.97. The predicted molar refractivity (Wildman–Crippen MR) is 44.6 cm³/mol. The Kier molecular flexibility index (Phi) is 3.29. The summed E-state index contributed by atoms with van der Waals surface area (Å²) in [6.07, 6.45) is 2.96. The number of ether oxygens (including phenoxy) is 1. The highest BCUT2D eigenvalue weighted by molar-refractivity contribution is 5.97. The van der Waals surface area contributed by atoms with Crippen molar-refractivity contribution >= 4 is 5.78 Å². The zero-order valence-corrected chi connectivity index (χ0v) is 7.25. The highest BCUT2D eigenvalue weighted by Gasteiger charge is 2.21. The minimum Gasteiger partial charge on any atom is -0.490 e. The van der Waals surface area contributed by atoms with Gasteiger partial charge in [0.1, 0.15) is 6.10 Å². The second kappa shape index (κ2) is 4.26. The van der Waals surface area contributed by atoms with E-state index in [9.17, 15) is 9.90 Å². The van der Waals surface area contributed by atoms with Crippen LogP contribution in [-0.4, -0.2) is 23.6 Å². The van der Waals surface area contributed by atoms with E-state index in [0.29, 0.717) is 18.8 Å². The maximum atomic E-state index is 11.3. The van der Waals surface area contributed by atoms with E-state index in [-0.39, 0.29) is 5.78 Å². The van der Waals surface area contributed by atoms with Gasteiger partial charge < -0.3 is 9.84 Å². The van der Waals surface area contributed by atoms with Crippen LogP contribution >= 0.6 is 0 Å². The van der Waals surface area contributed by atoms with Crippen molar-refractivity contribution in [2.24, 2.45) is 0 Å². The summed E-state index contributed by atoms with van der Waals surface area (Å²) >= 11 is 0. The Balaban J connectivity index is 2.45. The monoisotopic (exact) mass is 170 g/mol. The summed E-state index contributed by atoms with van der Waals surface area (Å²) in [4.78, 5) is 11.3. The Hall–Kier alpha value is -0.830. The van der Waals surface area contributed by atoms with Crippen molar-refractivity contribution in [3.63, 3.8) is 0 Å². The fourth-order valence-electron chi connectivity index (χ4n) is 1.16. The molecule has 1 rings (SSSR count). The number of rotatable bonds is 4. The van der Waals surface area contributed by atoms with Crippen LogP contribution in [0.4, 0.5) is 0 Å². The third kappa shape index (κ3) is 2.08. The van der Waals surface area contributed by atoms with E-state index in [0.717, 1.165) is 12.8 Å². The van der Waals surface area contributed by atoms with Crippen molar-refractivity contribution in [1.82, 2.24) is 0 Å². The Morgan fingerprint density at radius 3 is 3.08 bits per heavy atom. The lowest BCUT2D eigenvalue weighted by Gasteiger charge is -2.08. The van der Waals surface area contributed by atoms with Gasteiger partial charge in [0.25, 0.3) is 0 Å². The minimum atomic E-state index is -0.876. The molecule has 0 spiro atoms. The van der Waals surface area contributed by atoms with Crippen LogP contribution in [0, 0.1) is 0 Å². The lowest BCUT2D eigenvalue weighted by Crippen LogP contribution is -2.22. The Bertz CT molecular complexity index is 196. The Morgan fingerprint density at radius 2 is 2.58 bits per heavy atom. The van der Waals surface area contributed by atoms with Crippen molar-refractivity contribution in [2.75, 3.05) is 6.61 Å². The molecule has 0 aromatic rings. The average molecular weight is 170 g/mol. The van der Waals surface area contributed by atoms with E-state index in [1.807, 2.05) is 6.92 Å². The maximum Gasteiger partial charge on any atom is 0.225 e. The summed E-state index contributed by atoms with van der Waals surface area (Å²) in [6, 6.07) is 0. The molecule has 1 N–H and O–H groups in total. The van der Waals surface area contributed by atoms with Crippen molar-refractivity contribution < 1.29 is 14.6 Å². The van der Waals surface area contributed by atoms with Crippen LogP contribution in [0.25, 0.3) is 0 Å². The summed E-state index contributed by atoms with van der Waals surface area (Å²) in [5, 5.41) is 9.31. The third-order valence-corrected chi connectivity index (χ3v) is 1.81. The van der Waals surface area contributed by atoms with Gasteiger partial charge in [-0.1, -0.05) is 13.3 Å². The third-order valence-electron chi connectivity index (χ3n) is 1.81. The first-order valence-electron chi connectivity index (χ1n) is 4.31. The minimum absolute atomic E-state index is 0.269. The first-order valence-corrected chi connectivity index (χ1v) is 4.31. The van der Waals surface area contributed by atoms with Crippen molar-refractivity contribution in [3.05, 3.63) is 11.8 Å². The molecule has 0 amide bonds. The van der Waals surface area contributed by atoms with Crippen LogP contribution in [0.15, 0.2) is 11.8 Å². The molecule has 0 radical (unpaired) electrons. The van der Waals surface area contributed by atoms with Gasteiger partial charge in [0.05, 0.1) is 6.61 Å². The lowest BCUT2D eigenvalue weighted by molar-refractivity contribution is -0.126. The van der Waals surface area contributed by atoms with Gasteiger partial charge in [0, 0.05) is 6.42 Å². The second-order valence-electron chi connectivity index (χ2n) is 2.87. The quantitative estimate of drug-likeness (QED) is 0.685. The molecule has 12 heavy (non-hydrogen) atoms. The molecule has 0 saturated carbocycles. The summed E-state index contributed by atoms with van der Waals surface area (Å²) in [7, 11) is 0. The molecule has 68 valence electrons. The molecule has 1 heterocycles. The Labute approximate surface area is 72.0 Å². The fraction of sp³-hybridized carbons (Fsp3) is 0.667. The zero-order valence-electron chi connectivity index (χ0n) is 7.25. The van der Waals surface area contributed by atoms with Crippen LogP contribution in [0.1, 0.15) is 26.2 Å². The number of ketones is 1. The van der Waals surface area contributed by atoms with Gasteiger partial charge >= 0.3 is 0 Å². The van der Waals surface area contributed by atoms with E-state index in [4.69, 9.17) is 4.74 Å². The summed E-state index contributed by atoms with van der Waals surface area (Å²) in [5.74, 6) is 0.0744. The fourth-order valence-corrected chi connectivity index (χ4v) is 1.16.